The van der Waals surface area contributed by atoms with E-state index in [0.29, 0.717) is 30.0 Å². The third-order valence-corrected chi connectivity index (χ3v) is 7.30. The van der Waals surface area contributed by atoms with Crippen LogP contribution < -0.4 is 15.5 Å². The van der Waals surface area contributed by atoms with E-state index in [9.17, 15) is 24.0 Å². The van der Waals surface area contributed by atoms with E-state index in [1.165, 1.54) is 0 Å². The number of rotatable bonds is 7. The highest BCUT2D eigenvalue weighted by Gasteiger charge is 2.52. The number of hydrogen-bond acceptors (Lipinski definition) is 7. The van der Waals surface area contributed by atoms with Crippen LogP contribution in [0.15, 0.2) is 18.2 Å². The van der Waals surface area contributed by atoms with Crippen LogP contribution in [0.2, 0.25) is 0 Å². The molecule has 2 N–H and O–H groups in total. The lowest BCUT2D eigenvalue weighted by Crippen LogP contribution is -2.72. The molecule has 1 aromatic carbocycles. The first-order valence-corrected chi connectivity index (χ1v) is 12.3. The van der Waals surface area contributed by atoms with Crippen molar-refractivity contribution in [2.24, 2.45) is 11.3 Å². The monoisotopic (exact) mass is 481 g/mol. The van der Waals surface area contributed by atoms with E-state index in [-0.39, 0.29) is 30.1 Å². The van der Waals surface area contributed by atoms with Gasteiger partial charge in [-0.1, -0.05) is 13.8 Å². The standard InChI is InChI=1S/C25H31N5O5/c1-15(2)9-21(32)26-7-8-28-11-25(12-28)13-29(14-25)16-3-4-17-18(10-16)24(35)30(23(17)34)19-5-6-20(31)27-22(19)33/h3-4,10,15,19H,5-9,11-14H2,1-2H3,(H,26,32)(H,27,31,33). The first kappa shape index (κ1) is 23.5. The van der Waals surface area contributed by atoms with Gasteiger partial charge in [-0.25, -0.2) is 0 Å². The van der Waals surface area contributed by atoms with Gasteiger partial charge < -0.3 is 15.1 Å². The predicted octanol–water partition coefficient (Wildman–Crippen LogP) is 0.372. The normalized spacial score (nSPS) is 23.3. The molecule has 4 heterocycles. The summed E-state index contributed by atoms with van der Waals surface area (Å²) in [6.45, 7) is 9.29. The van der Waals surface area contributed by atoms with E-state index in [1.54, 1.807) is 12.1 Å². The van der Waals surface area contributed by atoms with Gasteiger partial charge in [-0.3, -0.25) is 34.2 Å². The Kier molecular flexibility index (Phi) is 5.86. The third kappa shape index (κ3) is 4.31. The van der Waals surface area contributed by atoms with Crippen LogP contribution in [0.4, 0.5) is 5.69 Å². The molecule has 0 saturated carbocycles. The summed E-state index contributed by atoms with van der Waals surface area (Å²) in [5.74, 6) is -1.49. The van der Waals surface area contributed by atoms with Crippen LogP contribution >= 0.6 is 0 Å². The Bertz CT molecular complexity index is 1100. The second-order valence-corrected chi connectivity index (χ2v) is 10.7. The highest BCUT2D eigenvalue weighted by atomic mass is 16.2. The number of carbonyl (C=O) groups is 5. The summed E-state index contributed by atoms with van der Waals surface area (Å²) in [6.07, 6.45) is 0.806. The molecule has 1 atom stereocenters. The highest BCUT2D eigenvalue weighted by molar-refractivity contribution is 6.23. The summed E-state index contributed by atoms with van der Waals surface area (Å²) in [5, 5.41) is 5.19. The van der Waals surface area contributed by atoms with E-state index in [1.807, 2.05) is 19.9 Å². The van der Waals surface area contributed by atoms with Gasteiger partial charge in [0.05, 0.1) is 11.1 Å². The summed E-state index contributed by atoms with van der Waals surface area (Å²) >= 11 is 0. The SMILES string of the molecule is CC(C)CC(=O)NCCN1CC2(C1)CN(c1ccc3c(c1)C(=O)N(C1CCC(=O)NC1=O)C3=O)C2. The molecule has 4 aliphatic heterocycles. The second-order valence-electron chi connectivity index (χ2n) is 10.7. The van der Waals surface area contributed by atoms with Crippen LogP contribution in [-0.4, -0.2) is 84.6 Å². The van der Waals surface area contributed by atoms with Gasteiger partial charge in [0.15, 0.2) is 0 Å². The van der Waals surface area contributed by atoms with Gasteiger partial charge in [0.2, 0.25) is 17.7 Å². The Morgan fingerprint density at radius 2 is 1.80 bits per heavy atom. The molecule has 10 nitrogen and oxygen atoms in total. The minimum Gasteiger partial charge on any atom is -0.370 e. The first-order chi connectivity index (χ1) is 16.7. The molecular weight excluding hydrogens is 450 g/mol. The molecule has 5 rings (SSSR count). The summed E-state index contributed by atoms with van der Waals surface area (Å²) < 4.78 is 0. The number of carbonyl (C=O) groups excluding carboxylic acids is 5. The molecule has 5 amide bonds. The number of benzene rings is 1. The lowest BCUT2D eigenvalue weighted by atomic mass is 9.72. The average Bonchev–Trinajstić information content (AvgIpc) is 2.98. The van der Waals surface area contributed by atoms with Gasteiger partial charge in [0.1, 0.15) is 6.04 Å². The molecule has 1 aromatic rings. The zero-order valence-electron chi connectivity index (χ0n) is 20.1. The first-order valence-electron chi connectivity index (χ1n) is 12.3. The van der Waals surface area contributed by atoms with Gasteiger partial charge in [0.25, 0.3) is 11.8 Å². The fourth-order valence-electron chi connectivity index (χ4n) is 5.66. The maximum Gasteiger partial charge on any atom is 0.262 e. The number of imide groups is 2. The number of anilines is 1. The van der Waals surface area contributed by atoms with Crippen molar-refractivity contribution >= 4 is 35.2 Å². The largest absolute Gasteiger partial charge is 0.370 e. The number of nitrogens with zero attached hydrogens (tertiary/aromatic N) is 3. The Hall–Kier alpha value is -3.27. The van der Waals surface area contributed by atoms with Crippen LogP contribution in [0.5, 0.6) is 0 Å². The fourth-order valence-corrected chi connectivity index (χ4v) is 5.66. The van der Waals surface area contributed by atoms with Crippen LogP contribution in [0.25, 0.3) is 0 Å². The van der Waals surface area contributed by atoms with Crippen molar-refractivity contribution in [3.8, 4) is 0 Å². The Morgan fingerprint density at radius 3 is 2.49 bits per heavy atom. The molecule has 0 radical (unpaired) electrons. The minimum atomic E-state index is -0.952. The second kappa shape index (κ2) is 8.75. The van der Waals surface area contributed by atoms with Gasteiger partial charge in [-0.15, -0.1) is 0 Å². The van der Waals surface area contributed by atoms with Crippen molar-refractivity contribution in [1.29, 1.82) is 0 Å². The van der Waals surface area contributed by atoms with Crippen molar-refractivity contribution in [2.45, 2.75) is 39.2 Å². The van der Waals surface area contributed by atoms with Gasteiger partial charge in [-0.2, -0.15) is 0 Å². The molecule has 0 aromatic heterocycles. The number of hydrogen-bond donors (Lipinski definition) is 2. The minimum absolute atomic E-state index is 0.103. The van der Waals surface area contributed by atoms with Crippen LogP contribution in [-0.2, 0) is 14.4 Å². The van der Waals surface area contributed by atoms with Gasteiger partial charge in [-0.05, 0) is 30.5 Å². The molecule has 10 heteroatoms. The maximum absolute atomic E-state index is 13.0. The lowest BCUT2D eigenvalue weighted by molar-refractivity contribution is -0.136. The topological polar surface area (TPSA) is 119 Å². The molecule has 0 bridgehead atoms. The van der Waals surface area contributed by atoms with E-state index >= 15 is 0 Å². The summed E-state index contributed by atoms with van der Waals surface area (Å²) in [4.78, 5) is 66.9. The summed E-state index contributed by atoms with van der Waals surface area (Å²) in [6, 6.07) is 4.31. The smallest absolute Gasteiger partial charge is 0.262 e. The number of piperidine rings is 1. The molecule has 1 spiro atoms. The van der Waals surface area contributed by atoms with Crippen LogP contribution in [0, 0.1) is 11.3 Å². The number of nitrogens with one attached hydrogen (secondary N) is 2. The number of amides is 5. The quantitative estimate of drug-likeness (QED) is 0.540. The maximum atomic E-state index is 13.0. The van der Waals surface area contributed by atoms with E-state index < -0.39 is 23.8 Å². The molecule has 35 heavy (non-hydrogen) atoms. The zero-order chi connectivity index (χ0) is 24.9. The highest BCUT2D eigenvalue weighted by Crippen LogP contribution is 2.42. The Morgan fingerprint density at radius 1 is 1.09 bits per heavy atom. The van der Waals surface area contributed by atoms with Crippen molar-refractivity contribution in [1.82, 2.24) is 20.4 Å². The van der Waals surface area contributed by atoms with E-state index in [0.717, 1.165) is 43.3 Å². The molecule has 4 aliphatic rings. The molecule has 0 aliphatic carbocycles. The fraction of sp³-hybridized carbons (Fsp3) is 0.560. The molecule has 3 fully saturated rings. The Labute approximate surface area is 204 Å². The van der Waals surface area contributed by atoms with Gasteiger partial charge >= 0.3 is 0 Å². The summed E-state index contributed by atoms with van der Waals surface area (Å²) in [5.41, 5.74) is 1.73. The molecule has 1 unspecified atom stereocenters. The summed E-state index contributed by atoms with van der Waals surface area (Å²) in [7, 11) is 0. The third-order valence-electron chi connectivity index (χ3n) is 7.30. The number of likely N-dealkylation sites (tertiary alicyclic amines) is 1. The van der Waals surface area contributed by atoms with Crippen LogP contribution in [0.1, 0.15) is 53.8 Å². The molecular formula is C25H31N5O5. The number of fused-ring (bicyclic) bond motifs is 1. The molecule has 3 saturated heterocycles. The van der Waals surface area contributed by atoms with E-state index in [2.05, 4.69) is 20.4 Å². The van der Waals surface area contributed by atoms with Crippen molar-refractivity contribution < 1.29 is 24.0 Å². The lowest BCUT2D eigenvalue weighted by Gasteiger charge is -2.61. The van der Waals surface area contributed by atoms with E-state index in [4.69, 9.17) is 0 Å². The predicted molar refractivity (Wildman–Crippen MR) is 127 cm³/mol. The Balaban J connectivity index is 1.14. The van der Waals surface area contributed by atoms with Crippen LogP contribution in [0.3, 0.4) is 0 Å². The van der Waals surface area contributed by atoms with Crippen molar-refractivity contribution in [3.63, 3.8) is 0 Å². The van der Waals surface area contributed by atoms with Gasteiger partial charge in [0, 0.05) is 63.2 Å². The van der Waals surface area contributed by atoms with Crippen molar-refractivity contribution in [2.75, 3.05) is 44.2 Å². The average molecular weight is 482 g/mol. The molecule has 186 valence electrons. The van der Waals surface area contributed by atoms with Crippen molar-refractivity contribution in [3.05, 3.63) is 29.3 Å². The zero-order valence-corrected chi connectivity index (χ0v) is 20.1.